The summed E-state index contributed by atoms with van der Waals surface area (Å²) in [6.07, 6.45) is 0.205. The molecule has 4 aromatic rings. The molecule has 0 atom stereocenters. The van der Waals surface area contributed by atoms with Crippen molar-refractivity contribution in [3.05, 3.63) is 82.6 Å². The second-order valence-electron chi connectivity index (χ2n) is 10.8. The van der Waals surface area contributed by atoms with Crippen molar-refractivity contribution in [1.82, 2.24) is 19.9 Å². The highest BCUT2D eigenvalue weighted by atomic mass is 35.5. The van der Waals surface area contributed by atoms with Crippen LogP contribution in [0.3, 0.4) is 0 Å². The van der Waals surface area contributed by atoms with Crippen LogP contribution in [0.4, 0.5) is 19.4 Å². The fourth-order valence-electron chi connectivity index (χ4n) is 5.16. The lowest BCUT2D eigenvalue weighted by Gasteiger charge is -2.34. The van der Waals surface area contributed by atoms with Crippen LogP contribution >= 0.6 is 11.6 Å². The third kappa shape index (κ3) is 8.08. The number of benzene rings is 3. The normalized spacial score (nSPS) is 13.2. The van der Waals surface area contributed by atoms with Crippen molar-refractivity contribution in [3.63, 3.8) is 0 Å². The predicted molar refractivity (Wildman–Crippen MR) is 173 cm³/mol. The van der Waals surface area contributed by atoms with E-state index in [4.69, 9.17) is 30.6 Å². The van der Waals surface area contributed by atoms with Crippen molar-refractivity contribution < 1.29 is 42.5 Å². The maximum absolute atomic E-state index is 16.1. The molecule has 0 saturated carbocycles. The molecule has 0 unspecified atom stereocenters. The van der Waals surface area contributed by atoms with E-state index in [1.165, 1.54) is 49.7 Å². The van der Waals surface area contributed by atoms with Crippen LogP contribution < -0.4 is 9.64 Å². The fraction of sp³-hybridized carbons (Fsp3) is 0.333. The molecule has 1 N–H and O–H groups in total. The summed E-state index contributed by atoms with van der Waals surface area (Å²) in [6.45, 7) is 1.88. The topological polar surface area (TPSA) is 127 Å². The van der Waals surface area contributed by atoms with Gasteiger partial charge in [-0.2, -0.15) is 0 Å². The number of fused-ring (bicyclic) bond motifs is 1. The zero-order valence-corrected chi connectivity index (χ0v) is 27.1. The Kier molecular flexibility index (Phi) is 11.5. The second kappa shape index (κ2) is 16.0. The Labute approximate surface area is 280 Å². The molecule has 0 bridgehead atoms. The number of carbonyl (C=O) groups excluding carboxylic acids is 1. The first kappa shape index (κ1) is 34.7. The Bertz CT molecular complexity index is 1760. The zero-order valence-electron chi connectivity index (χ0n) is 26.3. The number of anilines is 1. The molecule has 15 heteroatoms. The lowest BCUT2D eigenvalue weighted by atomic mass is 10.0. The standard InChI is InChI=1S/C33H34ClF2N5O7/c1-39(45-2)27(42)19-47-18-22-8-6-21(7-9-22)17-46-14-15-48-26-5-3-4-25(35)29(26)28-24(34)16-23-31(30(28)36)37-20-38-32(23)40-10-12-41(13-11-40)33(43)44/h3-9,16,20H,10-15,17-19H2,1-2H3,(H,43,44). The summed E-state index contributed by atoms with van der Waals surface area (Å²) < 4.78 is 48.4. The first-order valence-corrected chi connectivity index (χ1v) is 15.4. The van der Waals surface area contributed by atoms with E-state index in [0.717, 1.165) is 16.2 Å². The molecule has 2 heterocycles. The predicted octanol–water partition coefficient (Wildman–Crippen LogP) is 5.16. The van der Waals surface area contributed by atoms with Gasteiger partial charge in [0.25, 0.3) is 5.91 Å². The Morgan fingerprint density at radius 1 is 0.958 bits per heavy atom. The highest BCUT2D eigenvalue weighted by Gasteiger charge is 2.27. The van der Waals surface area contributed by atoms with E-state index in [1.807, 2.05) is 29.2 Å². The highest BCUT2D eigenvalue weighted by molar-refractivity contribution is 6.34. The van der Waals surface area contributed by atoms with Gasteiger partial charge in [-0.1, -0.05) is 41.9 Å². The Morgan fingerprint density at radius 2 is 1.65 bits per heavy atom. The molecule has 3 aromatic carbocycles. The smallest absolute Gasteiger partial charge is 0.407 e. The molecule has 1 aliphatic rings. The lowest BCUT2D eigenvalue weighted by Crippen LogP contribution is -2.48. The number of amides is 2. The minimum Gasteiger partial charge on any atom is -0.490 e. The second-order valence-corrected chi connectivity index (χ2v) is 11.2. The lowest BCUT2D eigenvalue weighted by molar-refractivity contribution is -0.173. The van der Waals surface area contributed by atoms with Crippen molar-refractivity contribution in [1.29, 1.82) is 0 Å². The van der Waals surface area contributed by atoms with E-state index in [9.17, 15) is 14.7 Å². The first-order valence-electron chi connectivity index (χ1n) is 15.0. The van der Waals surface area contributed by atoms with E-state index < -0.39 is 17.7 Å². The molecule has 2 amide bonds. The Hall–Kier alpha value is -4.63. The Morgan fingerprint density at radius 3 is 2.31 bits per heavy atom. The number of rotatable bonds is 13. The number of likely N-dealkylation sites (N-methyl/N-ethyl adjacent to an activating group) is 1. The number of piperazine rings is 1. The van der Waals surface area contributed by atoms with E-state index in [2.05, 4.69) is 9.97 Å². The van der Waals surface area contributed by atoms with E-state index >= 15 is 8.78 Å². The summed E-state index contributed by atoms with van der Waals surface area (Å²) in [7, 11) is 2.90. The minimum atomic E-state index is -1.01. The van der Waals surface area contributed by atoms with E-state index in [-0.39, 0.29) is 79.4 Å². The monoisotopic (exact) mass is 685 g/mol. The molecule has 1 saturated heterocycles. The van der Waals surface area contributed by atoms with Crippen molar-refractivity contribution >= 4 is 40.3 Å². The minimum absolute atomic E-state index is 0.0494. The van der Waals surface area contributed by atoms with Gasteiger partial charge in [0.1, 0.15) is 42.4 Å². The van der Waals surface area contributed by atoms with Crippen molar-refractivity contribution in [3.8, 4) is 16.9 Å². The van der Waals surface area contributed by atoms with E-state index in [1.54, 1.807) is 0 Å². The molecule has 254 valence electrons. The highest BCUT2D eigenvalue weighted by Crippen LogP contribution is 2.42. The van der Waals surface area contributed by atoms with Crippen molar-refractivity contribution in [2.75, 3.05) is 65.1 Å². The number of nitrogens with zero attached hydrogens (tertiary/aromatic N) is 5. The number of carbonyl (C=O) groups is 2. The van der Waals surface area contributed by atoms with Crippen LogP contribution in [0.25, 0.3) is 22.0 Å². The van der Waals surface area contributed by atoms with Gasteiger partial charge in [-0.05, 0) is 29.3 Å². The largest absolute Gasteiger partial charge is 0.490 e. The summed E-state index contributed by atoms with van der Waals surface area (Å²) in [5.41, 5.74) is 1.38. The summed E-state index contributed by atoms with van der Waals surface area (Å²) in [6, 6.07) is 13.2. The SMILES string of the molecule is CON(C)C(=O)COCc1ccc(COCCOc2cccc(F)c2-c2c(Cl)cc3c(N4CCN(C(=O)O)CC4)ncnc3c2F)cc1. The van der Waals surface area contributed by atoms with Crippen LogP contribution in [0.1, 0.15) is 11.1 Å². The average molecular weight is 686 g/mol. The molecular weight excluding hydrogens is 652 g/mol. The van der Waals surface area contributed by atoms with Gasteiger partial charge in [-0.25, -0.2) is 28.6 Å². The number of halogens is 3. The fourth-order valence-corrected chi connectivity index (χ4v) is 5.44. The number of hydrogen-bond acceptors (Lipinski definition) is 9. The number of hydroxylamine groups is 2. The van der Waals surface area contributed by atoms with Gasteiger partial charge in [-0.15, -0.1) is 0 Å². The number of carboxylic acid groups (broad SMARTS) is 1. The summed E-state index contributed by atoms with van der Waals surface area (Å²) in [5, 5.41) is 10.6. The van der Waals surface area contributed by atoms with Crippen LogP contribution in [0.2, 0.25) is 5.02 Å². The maximum atomic E-state index is 16.1. The maximum Gasteiger partial charge on any atom is 0.407 e. The summed E-state index contributed by atoms with van der Waals surface area (Å²) in [4.78, 5) is 39.4. The Balaban J connectivity index is 1.21. The third-order valence-corrected chi connectivity index (χ3v) is 8.07. The molecule has 1 fully saturated rings. The van der Waals surface area contributed by atoms with Gasteiger partial charge in [0.15, 0.2) is 5.82 Å². The van der Waals surface area contributed by atoms with Crippen LogP contribution in [-0.2, 0) is 32.3 Å². The van der Waals surface area contributed by atoms with Crippen LogP contribution in [0.5, 0.6) is 5.75 Å². The van der Waals surface area contributed by atoms with Gasteiger partial charge in [0, 0.05) is 44.2 Å². The molecule has 0 radical (unpaired) electrons. The number of aromatic nitrogens is 2. The van der Waals surface area contributed by atoms with Crippen molar-refractivity contribution in [2.24, 2.45) is 0 Å². The molecule has 5 rings (SSSR count). The quantitative estimate of drug-likeness (QED) is 0.149. The van der Waals surface area contributed by atoms with Gasteiger partial charge in [0.2, 0.25) is 0 Å². The molecule has 12 nitrogen and oxygen atoms in total. The molecule has 0 spiro atoms. The van der Waals surface area contributed by atoms with Crippen LogP contribution in [0, 0.1) is 11.6 Å². The molecule has 1 aromatic heterocycles. The summed E-state index contributed by atoms with van der Waals surface area (Å²) >= 11 is 6.61. The van der Waals surface area contributed by atoms with E-state index in [0.29, 0.717) is 24.3 Å². The van der Waals surface area contributed by atoms with Crippen LogP contribution in [0.15, 0.2) is 54.9 Å². The number of ether oxygens (including phenoxy) is 3. The molecule has 1 aliphatic heterocycles. The molecule has 48 heavy (non-hydrogen) atoms. The van der Waals surface area contributed by atoms with Gasteiger partial charge >= 0.3 is 6.09 Å². The van der Waals surface area contributed by atoms with Crippen molar-refractivity contribution in [2.45, 2.75) is 13.2 Å². The van der Waals surface area contributed by atoms with Gasteiger partial charge in [0.05, 0.1) is 37.5 Å². The zero-order chi connectivity index (χ0) is 34.2. The molecule has 0 aliphatic carbocycles. The first-order chi connectivity index (χ1) is 23.2. The van der Waals surface area contributed by atoms with Gasteiger partial charge < -0.3 is 29.1 Å². The van der Waals surface area contributed by atoms with Gasteiger partial charge in [-0.3, -0.25) is 9.63 Å². The third-order valence-electron chi connectivity index (χ3n) is 7.77. The summed E-state index contributed by atoms with van der Waals surface area (Å²) in [5.74, 6) is -1.37. The molecular formula is C33H34ClF2N5O7. The number of hydrogen-bond donors (Lipinski definition) is 1. The average Bonchev–Trinajstić information content (AvgIpc) is 3.09. The van der Waals surface area contributed by atoms with Crippen LogP contribution in [-0.4, -0.2) is 97.2 Å².